The fourth-order valence-corrected chi connectivity index (χ4v) is 1.82. The molecule has 2 rings (SSSR count). The predicted octanol–water partition coefficient (Wildman–Crippen LogP) is 2.30. The summed E-state index contributed by atoms with van der Waals surface area (Å²) in [5.74, 6) is 0. The van der Waals surface area contributed by atoms with Gasteiger partial charge in [0.1, 0.15) is 0 Å². The Kier molecular flexibility index (Phi) is 3.59. The highest BCUT2D eigenvalue weighted by atomic mass is 35.5. The minimum atomic E-state index is 0.712. The van der Waals surface area contributed by atoms with Crippen molar-refractivity contribution in [1.82, 2.24) is 15.1 Å². The summed E-state index contributed by atoms with van der Waals surface area (Å²) in [5.41, 5.74) is 2.24. The van der Waals surface area contributed by atoms with Gasteiger partial charge in [0.15, 0.2) is 0 Å². The standard InChI is InChI=1S/C12H14ClN3/c1-14-8-11-6-7-15-16(11)9-10-4-2-3-5-12(10)13/h2-7,14H,8-9H2,1H3. The summed E-state index contributed by atoms with van der Waals surface area (Å²) in [5, 5.41) is 8.19. The van der Waals surface area contributed by atoms with Crippen LogP contribution in [-0.4, -0.2) is 16.8 Å². The Labute approximate surface area is 100 Å². The number of benzene rings is 1. The maximum atomic E-state index is 6.11. The van der Waals surface area contributed by atoms with Gasteiger partial charge >= 0.3 is 0 Å². The van der Waals surface area contributed by atoms with Gasteiger partial charge in [0.05, 0.1) is 12.2 Å². The van der Waals surface area contributed by atoms with Gasteiger partial charge in [-0.2, -0.15) is 5.10 Å². The molecule has 0 unspecified atom stereocenters. The van der Waals surface area contributed by atoms with Gasteiger partial charge in [-0.25, -0.2) is 0 Å². The zero-order chi connectivity index (χ0) is 11.4. The topological polar surface area (TPSA) is 29.9 Å². The fraction of sp³-hybridized carbons (Fsp3) is 0.250. The lowest BCUT2D eigenvalue weighted by Crippen LogP contribution is -2.13. The molecule has 1 aromatic heterocycles. The second kappa shape index (κ2) is 5.14. The molecular formula is C12H14ClN3. The highest BCUT2D eigenvalue weighted by molar-refractivity contribution is 6.31. The lowest BCUT2D eigenvalue weighted by molar-refractivity contribution is 0.622. The van der Waals surface area contributed by atoms with Gasteiger partial charge < -0.3 is 5.32 Å². The SMILES string of the molecule is CNCc1ccnn1Cc1ccccc1Cl. The van der Waals surface area contributed by atoms with Crippen molar-refractivity contribution in [1.29, 1.82) is 0 Å². The number of halogens is 1. The lowest BCUT2D eigenvalue weighted by atomic mass is 10.2. The van der Waals surface area contributed by atoms with E-state index in [1.807, 2.05) is 48.3 Å². The molecule has 0 aliphatic carbocycles. The molecule has 0 aliphatic rings. The second-order valence-electron chi connectivity index (χ2n) is 3.60. The van der Waals surface area contributed by atoms with Crippen LogP contribution in [0, 0.1) is 0 Å². The minimum absolute atomic E-state index is 0.712. The van der Waals surface area contributed by atoms with E-state index in [1.54, 1.807) is 0 Å². The number of hydrogen-bond donors (Lipinski definition) is 1. The first kappa shape index (κ1) is 11.2. The molecule has 0 radical (unpaired) electrons. The minimum Gasteiger partial charge on any atom is -0.314 e. The molecule has 0 bridgehead atoms. The molecule has 3 nitrogen and oxygen atoms in total. The number of nitrogens with zero attached hydrogens (tertiary/aromatic N) is 2. The first-order chi connectivity index (χ1) is 7.81. The first-order valence-electron chi connectivity index (χ1n) is 5.20. The average Bonchev–Trinajstić information content (AvgIpc) is 2.70. The molecule has 0 aliphatic heterocycles. The van der Waals surface area contributed by atoms with Gasteiger partial charge in [-0.3, -0.25) is 4.68 Å². The molecule has 0 saturated heterocycles. The van der Waals surface area contributed by atoms with E-state index in [9.17, 15) is 0 Å². The summed E-state index contributed by atoms with van der Waals surface area (Å²) >= 11 is 6.11. The van der Waals surface area contributed by atoms with Crippen molar-refractivity contribution in [2.75, 3.05) is 7.05 Å². The molecule has 0 spiro atoms. The quantitative estimate of drug-likeness (QED) is 0.882. The van der Waals surface area contributed by atoms with Crippen LogP contribution in [0.5, 0.6) is 0 Å². The molecule has 1 aromatic carbocycles. The maximum Gasteiger partial charge on any atom is 0.0677 e. The van der Waals surface area contributed by atoms with Crippen LogP contribution < -0.4 is 5.32 Å². The predicted molar refractivity (Wildman–Crippen MR) is 65.5 cm³/mol. The van der Waals surface area contributed by atoms with E-state index in [2.05, 4.69) is 10.4 Å². The summed E-state index contributed by atoms with van der Waals surface area (Å²) in [6.45, 7) is 1.52. The van der Waals surface area contributed by atoms with Gasteiger partial charge in [-0.1, -0.05) is 29.8 Å². The number of nitrogens with one attached hydrogen (secondary N) is 1. The van der Waals surface area contributed by atoms with Crippen molar-refractivity contribution in [2.24, 2.45) is 0 Å². The third kappa shape index (κ3) is 2.43. The van der Waals surface area contributed by atoms with Crippen LogP contribution in [0.15, 0.2) is 36.5 Å². The van der Waals surface area contributed by atoms with Crippen molar-refractivity contribution in [2.45, 2.75) is 13.1 Å². The van der Waals surface area contributed by atoms with E-state index in [4.69, 9.17) is 11.6 Å². The van der Waals surface area contributed by atoms with E-state index in [1.165, 1.54) is 0 Å². The van der Waals surface area contributed by atoms with Crippen LogP contribution in [0.2, 0.25) is 5.02 Å². The summed E-state index contributed by atoms with van der Waals surface area (Å²) in [6, 6.07) is 9.85. The summed E-state index contributed by atoms with van der Waals surface area (Å²) in [7, 11) is 1.92. The molecule has 2 aromatic rings. The van der Waals surface area contributed by atoms with E-state index >= 15 is 0 Å². The number of aromatic nitrogens is 2. The largest absolute Gasteiger partial charge is 0.314 e. The molecule has 0 fully saturated rings. The van der Waals surface area contributed by atoms with Crippen molar-refractivity contribution in [3.8, 4) is 0 Å². The fourth-order valence-electron chi connectivity index (χ4n) is 1.62. The lowest BCUT2D eigenvalue weighted by Gasteiger charge is -2.08. The molecule has 1 heterocycles. The Morgan fingerprint density at radius 3 is 2.88 bits per heavy atom. The Morgan fingerprint density at radius 1 is 1.31 bits per heavy atom. The summed E-state index contributed by atoms with van der Waals surface area (Å²) < 4.78 is 1.96. The van der Waals surface area contributed by atoms with Gasteiger partial charge in [0.2, 0.25) is 0 Å². The second-order valence-corrected chi connectivity index (χ2v) is 4.01. The monoisotopic (exact) mass is 235 g/mol. The van der Waals surface area contributed by atoms with Crippen LogP contribution in [0.4, 0.5) is 0 Å². The van der Waals surface area contributed by atoms with E-state index in [0.29, 0.717) is 6.54 Å². The van der Waals surface area contributed by atoms with Gasteiger partial charge in [0.25, 0.3) is 0 Å². The van der Waals surface area contributed by atoms with Crippen LogP contribution in [0.3, 0.4) is 0 Å². The molecular weight excluding hydrogens is 222 g/mol. The first-order valence-corrected chi connectivity index (χ1v) is 5.57. The average molecular weight is 236 g/mol. The van der Waals surface area contributed by atoms with Crippen molar-refractivity contribution < 1.29 is 0 Å². The normalized spacial score (nSPS) is 10.6. The van der Waals surface area contributed by atoms with Crippen LogP contribution >= 0.6 is 11.6 Å². The Balaban J connectivity index is 2.20. The van der Waals surface area contributed by atoms with E-state index in [0.717, 1.165) is 22.8 Å². The summed E-state index contributed by atoms with van der Waals surface area (Å²) in [4.78, 5) is 0. The van der Waals surface area contributed by atoms with Crippen LogP contribution in [0.25, 0.3) is 0 Å². The molecule has 16 heavy (non-hydrogen) atoms. The maximum absolute atomic E-state index is 6.11. The van der Waals surface area contributed by atoms with Gasteiger partial charge in [0, 0.05) is 17.8 Å². The molecule has 0 saturated carbocycles. The zero-order valence-electron chi connectivity index (χ0n) is 9.15. The highest BCUT2D eigenvalue weighted by Gasteiger charge is 2.04. The third-order valence-corrected chi connectivity index (χ3v) is 2.81. The Morgan fingerprint density at radius 2 is 2.12 bits per heavy atom. The smallest absolute Gasteiger partial charge is 0.0677 e. The van der Waals surface area contributed by atoms with Crippen molar-refractivity contribution in [3.05, 3.63) is 52.8 Å². The van der Waals surface area contributed by atoms with Gasteiger partial charge in [-0.15, -0.1) is 0 Å². The molecule has 1 N–H and O–H groups in total. The Hall–Kier alpha value is -1.32. The molecule has 4 heteroatoms. The zero-order valence-corrected chi connectivity index (χ0v) is 9.91. The van der Waals surface area contributed by atoms with Crippen molar-refractivity contribution in [3.63, 3.8) is 0 Å². The van der Waals surface area contributed by atoms with E-state index < -0.39 is 0 Å². The number of rotatable bonds is 4. The van der Waals surface area contributed by atoms with Crippen molar-refractivity contribution >= 4 is 11.6 Å². The molecule has 0 atom stereocenters. The van der Waals surface area contributed by atoms with Gasteiger partial charge in [-0.05, 0) is 24.7 Å². The highest BCUT2D eigenvalue weighted by Crippen LogP contribution is 2.16. The van der Waals surface area contributed by atoms with Crippen LogP contribution in [0.1, 0.15) is 11.3 Å². The number of hydrogen-bond acceptors (Lipinski definition) is 2. The van der Waals surface area contributed by atoms with Crippen LogP contribution in [-0.2, 0) is 13.1 Å². The summed E-state index contributed by atoms with van der Waals surface area (Å²) in [6.07, 6.45) is 1.81. The molecule has 0 amide bonds. The molecule has 84 valence electrons. The third-order valence-electron chi connectivity index (χ3n) is 2.44. The Bertz CT molecular complexity index is 465. The van der Waals surface area contributed by atoms with E-state index in [-0.39, 0.29) is 0 Å².